The molecule has 0 N–H and O–H groups in total. The van der Waals surface area contributed by atoms with Crippen LogP contribution in [0.15, 0.2) is 24.4 Å². The van der Waals surface area contributed by atoms with Crippen LogP contribution in [0.5, 0.6) is 0 Å². The number of aromatic nitrogens is 1. The lowest BCUT2D eigenvalue weighted by molar-refractivity contribution is 0.826. The van der Waals surface area contributed by atoms with Crippen molar-refractivity contribution in [3.05, 3.63) is 35.1 Å². The van der Waals surface area contributed by atoms with Crippen LogP contribution in [0.4, 0.5) is 0 Å². The van der Waals surface area contributed by atoms with Gasteiger partial charge in [-0.15, -0.1) is 0 Å². The molecule has 0 radical (unpaired) electrons. The molecule has 1 aromatic rings. The first-order valence-electron chi connectivity index (χ1n) is 5.02. The molecule has 2 aliphatic carbocycles. The van der Waals surface area contributed by atoms with Crippen LogP contribution in [-0.4, -0.2) is 4.98 Å². The number of pyridine rings is 1. The summed E-state index contributed by atoms with van der Waals surface area (Å²) in [6.45, 7) is 0. The van der Waals surface area contributed by atoms with E-state index < -0.39 is 0 Å². The second-order valence-corrected chi connectivity index (χ2v) is 4.59. The van der Waals surface area contributed by atoms with Gasteiger partial charge in [0, 0.05) is 11.2 Å². The minimum atomic E-state index is 0.257. The number of nitrogens with zero attached hydrogens (tertiary/aromatic N) is 2. The molecule has 15 heavy (non-hydrogen) atoms. The van der Waals surface area contributed by atoms with Crippen LogP contribution in [-0.2, 0) is 0 Å². The molecule has 1 saturated carbocycles. The molecule has 3 rings (SSSR count). The maximum Gasteiger partial charge on any atom is 0.0673 e. The summed E-state index contributed by atoms with van der Waals surface area (Å²) >= 11 is 5.91. The minimum Gasteiger partial charge on any atom is -0.257 e. The highest BCUT2D eigenvalue weighted by atomic mass is 35.5. The van der Waals surface area contributed by atoms with E-state index in [1.165, 1.54) is 5.57 Å². The van der Waals surface area contributed by atoms with Gasteiger partial charge in [-0.2, -0.15) is 5.26 Å². The molecule has 74 valence electrons. The summed E-state index contributed by atoms with van der Waals surface area (Å²) in [5.74, 6) is 1.28. The molecule has 3 atom stereocenters. The normalized spacial score (nSPS) is 31.7. The van der Waals surface area contributed by atoms with Gasteiger partial charge in [-0.3, -0.25) is 4.98 Å². The Morgan fingerprint density at radius 3 is 3.00 bits per heavy atom. The minimum absolute atomic E-state index is 0.257. The number of allylic oxidation sites excluding steroid dienone is 2. The first-order chi connectivity index (χ1) is 7.29. The highest BCUT2D eigenvalue weighted by Gasteiger charge is 2.52. The molecule has 2 nitrogen and oxygen atoms in total. The van der Waals surface area contributed by atoms with Crippen LogP contribution in [0.1, 0.15) is 12.1 Å². The molecule has 0 unspecified atom stereocenters. The molecule has 0 aliphatic heterocycles. The van der Waals surface area contributed by atoms with Crippen LogP contribution in [0.3, 0.4) is 0 Å². The van der Waals surface area contributed by atoms with Crippen LogP contribution in [0.25, 0.3) is 5.57 Å². The summed E-state index contributed by atoms with van der Waals surface area (Å²) < 4.78 is 0. The Morgan fingerprint density at radius 1 is 1.53 bits per heavy atom. The number of nitriles is 1. The maximum atomic E-state index is 8.80. The molecule has 3 heteroatoms. The van der Waals surface area contributed by atoms with Crippen molar-refractivity contribution in [2.45, 2.75) is 6.42 Å². The molecule has 0 bridgehead atoms. The van der Waals surface area contributed by atoms with Crippen LogP contribution >= 0.6 is 11.6 Å². The first kappa shape index (κ1) is 8.94. The first-order valence-corrected chi connectivity index (χ1v) is 5.39. The zero-order chi connectivity index (χ0) is 10.4. The van der Waals surface area contributed by atoms with Crippen LogP contribution in [0.2, 0.25) is 5.02 Å². The second kappa shape index (κ2) is 3.08. The van der Waals surface area contributed by atoms with Crippen molar-refractivity contribution >= 4 is 17.2 Å². The third kappa shape index (κ3) is 1.35. The second-order valence-electron chi connectivity index (χ2n) is 4.15. The fourth-order valence-corrected chi connectivity index (χ4v) is 2.56. The predicted octanol–water partition coefficient (Wildman–Crippen LogP) is 2.91. The van der Waals surface area contributed by atoms with E-state index in [0.29, 0.717) is 11.8 Å². The lowest BCUT2D eigenvalue weighted by atomic mass is 10.1. The van der Waals surface area contributed by atoms with Gasteiger partial charge in [0.2, 0.25) is 0 Å². The summed E-state index contributed by atoms with van der Waals surface area (Å²) in [5.41, 5.74) is 2.21. The molecule has 0 saturated heterocycles. The Bertz CT molecular complexity index is 487. The Hall–Kier alpha value is -1.33. The largest absolute Gasteiger partial charge is 0.257 e. The van der Waals surface area contributed by atoms with E-state index in [1.807, 2.05) is 6.07 Å². The van der Waals surface area contributed by atoms with Gasteiger partial charge in [0.25, 0.3) is 0 Å². The van der Waals surface area contributed by atoms with Gasteiger partial charge in [0.05, 0.1) is 17.7 Å². The zero-order valence-electron chi connectivity index (χ0n) is 8.02. The highest BCUT2D eigenvalue weighted by molar-refractivity contribution is 6.30. The van der Waals surface area contributed by atoms with Crippen molar-refractivity contribution in [3.8, 4) is 6.07 Å². The van der Waals surface area contributed by atoms with Crippen molar-refractivity contribution in [1.82, 2.24) is 4.98 Å². The van der Waals surface area contributed by atoms with Gasteiger partial charge >= 0.3 is 0 Å². The van der Waals surface area contributed by atoms with E-state index in [-0.39, 0.29) is 5.92 Å². The summed E-state index contributed by atoms with van der Waals surface area (Å²) in [5, 5.41) is 9.52. The molecular formula is C12H9ClN2. The predicted molar refractivity (Wildman–Crippen MR) is 57.9 cm³/mol. The summed E-state index contributed by atoms with van der Waals surface area (Å²) in [4.78, 5) is 4.29. The zero-order valence-corrected chi connectivity index (χ0v) is 8.78. The number of halogens is 1. The average Bonchev–Trinajstić information content (AvgIpc) is 2.70. The smallest absolute Gasteiger partial charge is 0.0673 e. The Kier molecular flexibility index (Phi) is 1.83. The van der Waals surface area contributed by atoms with Crippen molar-refractivity contribution < 1.29 is 0 Å². The van der Waals surface area contributed by atoms with Gasteiger partial charge in [0.15, 0.2) is 0 Å². The molecular weight excluding hydrogens is 208 g/mol. The van der Waals surface area contributed by atoms with E-state index in [0.717, 1.165) is 17.1 Å². The quantitative estimate of drug-likeness (QED) is 0.724. The third-order valence-electron chi connectivity index (χ3n) is 3.28. The molecule has 1 heterocycles. The fraction of sp³-hybridized carbons (Fsp3) is 0.333. The topological polar surface area (TPSA) is 36.7 Å². The summed E-state index contributed by atoms with van der Waals surface area (Å²) in [6, 6.07) is 6.00. The summed E-state index contributed by atoms with van der Waals surface area (Å²) in [6.07, 6.45) is 4.90. The lowest BCUT2D eigenvalue weighted by Gasteiger charge is -2.03. The fourth-order valence-electron chi connectivity index (χ4n) is 2.40. The van der Waals surface area contributed by atoms with Crippen molar-refractivity contribution in [2.75, 3.05) is 0 Å². The number of rotatable bonds is 1. The molecule has 0 amide bonds. The van der Waals surface area contributed by atoms with Crippen molar-refractivity contribution in [1.29, 1.82) is 5.26 Å². The van der Waals surface area contributed by atoms with Gasteiger partial charge in [-0.1, -0.05) is 17.7 Å². The lowest BCUT2D eigenvalue weighted by Crippen LogP contribution is -1.90. The van der Waals surface area contributed by atoms with Crippen molar-refractivity contribution in [2.24, 2.45) is 17.8 Å². The van der Waals surface area contributed by atoms with E-state index >= 15 is 0 Å². The molecule has 1 aromatic heterocycles. The average molecular weight is 217 g/mol. The van der Waals surface area contributed by atoms with E-state index in [4.69, 9.17) is 16.9 Å². The number of hydrogen-bond donors (Lipinski definition) is 0. The molecule has 2 aliphatic rings. The Balaban J connectivity index is 1.87. The van der Waals surface area contributed by atoms with Crippen LogP contribution in [0, 0.1) is 29.1 Å². The van der Waals surface area contributed by atoms with Gasteiger partial charge in [-0.05, 0) is 36.0 Å². The third-order valence-corrected chi connectivity index (χ3v) is 3.51. The van der Waals surface area contributed by atoms with Gasteiger partial charge in [0.1, 0.15) is 0 Å². The summed E-state index contributed by atoms with van der Waals surface area (Å²) in [7, 11) is 0. The SMILES string of the molecule is N#C[C@@H]1[C@H]2C=C(c3cc(Cl)ccn3)C[C@@H]12. The van der Waals surface area contributed by atoms with Crippen LogP contribution < -0.4 is 0 Å². The maximum absolute atomic E-state index is 8.80. The number of fused-ring (bicyclic) bond motifs is 1. The molecule has 0 aromatic carbocycles. The Labute approximate surface area is 93.2 Å². The van der Waals surface area contributed by atoms with E-state index in [9.17, 15) is 0 Å². The van der Waals surface area contributed by atoms with Crippen molar-refractivity contribution in [3.63, 3.8) is 0 Å². The molecule has 1 fully saturated rings. The standard InChI is InChI=1S/C12H9ClN2/c13-8-1-2-15-12(5-8)7-3-9-10(4-7)11(9)6-14/h1-3,5,9-11H,4H2/t9-,10+,11+/m0/s1. The van der Waals surface area contributed by atoms with E-state index in [1.54, 1.807) is 12.3 Å². The highest BCUT2D eigenvalue weighted by Crippen LogP contribution is 2.57. The van der Waals surface area contributed by atoms with Gasteiger partial charge < -0.3 is 0 Å². The number of hydrogen-bond acceptors (Lipinski definition) is 2. The monoisotopic (exact) mass is 216 g/mol. The Morgan fingerprint density at radius 2 is 2.40 bits per heavy atom. The molecule has 0 spiro atoms. The van der Waals surface area contributed by atoms with Gasteiger partial charge in [-0.25, -0.2) is 0 Å². The van der Waals surface area contributed by atoms with E-state index in [2.05, 4.69) is 17.1 Å².